The Morgan fingerprint density at radius 1 is 1.16 bits per heavy atom. The summed E-state index contributed by atoms with van der Waals surface area (Å²) in [4.78, 5) is 19.1. The van der Waals surface area contributed by atoms with Crippen molar-refractivity contribution in [2.24, 2.45) is 0 Å². The van der Waals surface area contributed by atoms with Crippen LogP contribution in [0.1, 0.15) is 24.4 Å². The average Bonchev–Trinajstić information content (AvgIpc) is 2.93. The van der Waals surface area contributed by atoms with E-state index in [9.17, 15) is 9.59 Å². The highest BCUT2D eigenvalue weighted by Gasteiger charge is 2.20. The van der Waals surface area contributed by atoms with Crippen LogP contribution in [0.5, 0.6) is 0 Å². The van der Waals surface area contributed by atoms with Gasteiger partial charge in [0, 0.05) is 48.2 Å². The van der Waals surface area contributed by atoms with Crippen LogP contribution in [0.2, 0.25) is 0 Å². The monoisotopic (exact) mass is 342 g/mol. The third-order valence-corrected chi connectivity index (χ3v) is 4.08. The lowest BCUT2D eigenvalue weighted by atomic mass is 10.1. The van der Waals surface area contributed by atoms with E-state index in [0.29, 0.717) is 18.2 Å². The van der Waals surface area contributed by atoms with Gasteiger partial charge in [-0.05, 0) is 25.5 Å². The number of carboxylic acid groups (broad SMARTS) is 2. The standard InChI is InChI=1S/C15H18N2.C4H4O4/c1-11-15-10-14(13-6-4-3-5-7-13)12(2)17(15)9-8-16-11;5-3(6)1-2-4(7)8/h3-7,10-11,16H,8-9H2,1-2H3;1-2H,(H,5,6)(H,7,8)/b;2-1+. The molecule has 0 bridgehead atoms. The van der Waals surface area contributed by atoms with Gasteiger partial charge in [0.1, 0.15) is 0 Å². The van der Waals surface area contributed by atoms with Gasteiger partial charge in [-0.25, -0.2) is 9.59 Å². The van der Waals surface area contributed by atoms with Gasteiger partial charge in [0.15, 0.2) is 0 Å². The molecule has 6 nitrogen and oxygen atoms in total. The number of fused-ring (bicyclic) bond motifs is 1. The number of benzene rings is 1. The first-order valence-electron chi connectivity index (χ1n) is 8.03. The van der Waals surface area contributed by atoms with Gasteiger partial charge in [-0.2, -0.15) is 0 Å². The summed E-state index contributed by atoms with van der Waals surface area (Å²) in [6.45, 7) is 6.61. The lowest BCUT2D eigenvalue weighted by Gasteiger charge is -2.24. The van der Waals surface area contributed by atoms with Gasteiger partial charge in [0.25, 0.3) is 0 Å². The minimum absolute atomic E-state index is 0.458. The number of rotatable bonds is 3. The summed E-state index contributed by atoms with van der Waals surface area (Å²) in [5.74, 6) is -2.51. The summed E-state index contributed by atoms with van der Waals surface area (Å²) in [5.41, 5.74) is 5.49. The summed E-state index contributed by atoms with van der Waals surface area (Å²) in [6.07, 6.45) is 1.12. The molecule has 0 radical (unpaired) electrons. The van der Waals surface area contributed by atoms with Crippen LogP contribution >= 0.6 is 0 Å². The molecule has 0 amide bonds. The summed E-state index contributed by atoms with van der Waals surface area (Å²) in [7, 11) is 0. The summed E-state index contributed by atoms with van der Waals surface area (Å²) in [6, 6.07) is 13.4. The van der Waals surface area contributed by atoms with Crippen LogP contribution in [0, 0.1) is 6.92 Å². The van der Waals surface area contributed by atoms with E-state index in [-0.39, 0.29) is 0 Å². The first-order valence-corrected chi connectivity index (χ1v) is 8.03. The fourth-order valence-corrected chi connectivity index (χ4v) is 2.87. The Morgan fingerprint density at radius 3 is 2.28 bits per heavy atom. The van der Waals surface area contributed by atoms with Gasteiger partial charge in [0.05, 0.1) is 0 Å². The molecule has 3 rings (SSSR count). The van der Waals surface area contributed by atoms with Crippen LogP contribution < -0.4 is 5.32 Å². The highest BCUT2D eigenvalue weighted by molar-refractivity contribution is 5.89. The van der Waals surface area contributed by atoms with Crippen molar-refractivity contribution in [3.05, 3.63) is 59.9 Å². The van der Waals surface area contributed by atoms with Crippen molar-refractivity contribution in [2.45, 2.75) is 26.4 Å². The van der Waals surface area contributed by atoms with Gasteiger partial charge < -0.3 is 20.1 Å². The molecule has 1 aromatic carbocycles. The molecular weight excluding hydrogens is 320 g/mol. The zero-order chi connectivity index (χ0) is 18.4. The number of carboxylic acids is 2. The molecule has 6 heteroatoms. The van der Waals surface area contributed by atoms with Crippen molar-refractivity contribution < 1.29 is 19.8 Å². The molecule has 1 aliphatic heterocycles. The van der Waals surface area contributed by atoms with E-state index in [2.05, 4.69) is 60.1 Å². The number of nitrogens with zero attached hydrogens (tertiary/aromatic N) is 1. The molecule has 25 heavy (non-hydrogen) atoms. The fraction of sp³-hybridized carbons (Fsp3) is 0.263. The second-order valence-electron chi connectivity index (χ2n) is 5.77. The number of hydrogen-bond acceptors (Lipinski definition) is 3. The van der Waals surface area contributed by atoms with Gasteiger partial charge in [-0.1, -0.05) is 30.3 Å². The first-order chi connectivity index (χ1) is 11.9. The lowest BCUT2D eigenvalue weighted by Crippen LogP contribution is -2.31. The Balaban J connectivity index is 0.000000242. The molecule has 0 saturated carbocycles. The van der Waals surface area contributed by atoms with Crippen LogP contribution in [-0.4, -0.2) is 33.3 Å². The highest BCUT2D eigenvalue weighted by atomic mass is 16.4. The molecular formula is C19H22N2O4. The first kappa shape index (κ1) is 18.5. The zero-order valence-corrected chi connectivity index (χ0v) is 14.3. The van der Waals surface area contributed by atoms with Gasteiger partial charge >= 0.3 is 11.9 Å². The van der Waals surface area contributed by atoms with Crippen molar-refractivity contribution in [3.63, 3.8) is 0 Å². The third-order valence-electron chi connectivity index (χ3n) is 4.08. The summed E-state index contributed by atoms with van der Waals surface area (Å²) in [5, 5.41) is 19.1. The van der Waals surface area contributed by atoms with E-state index in [1.807, 2.05) is 0 Å². The van der Waals surface area contributed by atoms with E-state index >= 15 is 0 Å². The Morgan fingerprint density at radius 2 is 1.76 bits per heavy atom. The molecule has 0 fully saturated rings. The maximum absolute atomic E-state index is 9.55. The van der Waals surface area contributed by atoms with E-state index in [1.54, 1.807) is 0 Å². The van der Waals surface area contributed by atoms with Crippen LogP contribution in [0.15, 0.2) is 48.6 Å². The molecule has 132 valence electrons. The topological polar surface area (TPSA) is 91.6 Å². The maximum atomic E-state index is 9.55. The number of carbonyl (C=O) groups is 2. The van der Waals surface area contributed by atoms with E-state index in [1.165, 1.54) is 22.5 Å². The quantitative estimate of drug-likeness (QED) is 0.746. The fourth-order valence-electron chi connectivity index (χ4n) is 2.87. The lowest BCUT2D eigenvalue weighted by molar-refractivity contribution is -0.134. The van der Waals surface area contributed by atoms with Crippen LogP contribution in [-0.2, 0) is 16.1 Å². The van der Waals surface area contributed by atoms with Crippen molar-refractivity contribution in [3.8, 4) is 11.1 Å². The molecule has 1 aromatic heterocycles. The molecule has 0 spiro atoms. The van der Waals surface area contributed by atoms with Crippen molar-refractivity contribution >= 4 is 11.9 Å². The van der Waals surface area contributed by atoms with Crippen LogP contribution in [0.3, 0.4) is 0 Å². The molecule has 2 heterocycles. The smallest absolute Gasteiger partial charge is 0.328 e. The Kier molecular flexibility index (Phi) is 6.14. The van der Waals surface area contributed by atoms with Crippen LogP contribution in [0.25, 0.3) is 11.1 Å². The molecule has 1 unspecified atom stereocenters. The number of hydrogen-bond donors (Lipinski definition) is 3. The predicted octanol–water partition coefficient (Wildman–Crippen LogP) is 2.84. The van der Waals surface area contributed by atoms with Gasteiger partial charge in [-0.15, -0.1) is 0 Å². The SMILES string of the molecule is Cc1c(-c2ccccc2)cc2n1CCNC2C.O=C(O)/C=C/C(=O)O. The zero-order valence-electron chi connectivity index (χ0n) is 14.3. The highest BCUT2D eigenvalue weighted by Crippen LogP contribution is 2.30. The van der Waals surface area contributed by atoms with Crippen molar-refractivity contribution in [2.75, 3.05) is 6.54 Å². The summed E-state index contributed by atoms with van der Waals surface area (Å²) < 4.78 is 2.45. The van der Waals surface area contributed by atoms with Gasteiger partial charge in [0.2, 0.25) is 0 Å². The van der Waals surface area contributed by atoms with Gasteiger partial charge in [-0.3, -0.25) is 0 Å². The second kappa shape index (κ2) is 8.30. The summed E-state index contributed by atoms with van der Waals surface area (Å²) >= 11 is 0. The van der Waals surface area contributed by atoms with Crippen molar-refractivity contribution in [1.82, 2.24) is 9.88 Å². The maximum Gasteiger partial charge on any atom is 0.328 e. The second-order valence-corrected chi connectivity index (χ2v) is 5.77. The molecule has 2 aromatic rings. The van der Waals surface area contributed by atoms with E-state index in [0.717, 1.165) is 13.1 Å². The average molecular weight is 342 g/mol. The molecule has 1 atom stereocenters. The predicted molar refractivity (Wildman–Crippen MR) is 95.4 cm³/mol. The minimum Gasteiger partial charge on any atom is -0.478 e. The molecule has 0 aliphatic carbocycles. The van der Waals surface area contributed by atoms with Crippen molar-refractivity contribution in [1.29, 1.82) is 0 Å². The van der Waals surface area contributed by atoms with Crippen LogP contribution in [0.4, 0.5) is 0 Å². The third kappa shape index (κ3) is 4.81. The number of aliphatic carboxylic acids is 2. The minimum atomic E-state index is -1.26. The number of aromatic nitrogens is 1. The Hall–Kier alpha value is -2.86. The molecule has 3 N–H and O–H groups in total. The largest absolute Gasteiger partial charge is 0.478 e. The molecule has 0 saturated heterocycles. The number of nitrogens with one attached hydrogen (secondary N) is 1. The van der Waals surface area contributed by atoms with E-state index < -0.39 is 11.9 Å². The Bertz CT molecular complexity index is 762. The Labute approximate surface area is 146 Å². The molecule has 1 aliphatic rings. The normalized spacial score (nSPS) is 16.0. The van der Waals surface area contributed by atoms with E-state index in [4.69, 9.17) is 10.2 Å².